The van der Waals surface area contributed by atoms with E-state index in [0.717, 1.165) is 11.3 Å². The molecule has 32 heavy (non-hydrogen) atoms. The number of hydrogen-bond donors (Lipinski definition) is 2. The zero-order valence-corrected chi connectivity index (χ0v) is 17.7. The Labute approximate surface area is 184 Å². The topological polar surface area (TPSA) is 117 Å². The Morgan fingerprint density at radius 1 is 1.19 bits per heavy atom. The molecule has 2 aromatic carbocycles. The molecule has 1 aliphatic rings. The van der Waals surface area contributed by atoms with Crippen molar-refractivity contribution in [1.29, 1.82) is 5.26 Å². The number of anilines is 1. The largest absolute Gasteiger partial charge is 0.339 e. The van der Waals surface area contributed by atoms with Gasteiger partial charge in [-0.25, -0.2) is 4.68 Å². The van der Waals surface area contributed by atoms with Crippen LogP contribution in [-0.2, 0) is 11.2 Å². The van der Waals surface area contributed by atoms with Crippen LogP contribution in [0, 0.1) is 25.2 Å². The second-order valence-electron chi connectivity index (χ2n) is 7.67. The summed E-state index contributed by atoms with van der Waals surface area (Å²) in [5.74, 6) is -1.08. The highest BCUT2D eigenvalue weighted by Crippen LogP contribution is 2.23. The molecular formula is C24H21N5O3. The number of aromatic nitrogens is 2. The maximum atomic E-state index is 13.0. The lowest BCUT2D eigenvalue weighted by Gasteiger charge is -2.17. The van der Waals surface area contributed by atoms with Gasteiger partial charge in [0.15, 0.2) is 5.69 Å². The van der Waals surface area contributed by atoms with E-state index in [1.54, 1.807) is 36.7 Å². The molecule has 1 aliphatic heterocycles. The highest BCUT2D eigenvalue weighted by molar-refractivity contribution is 6.01. The van der Waals surface area contributed by atoms with E-state index in [0.29, 0.717) is 35.3 Å². The van der Waals surface area contributed by atoms with Crippen molar-refractivity contribution in [2.45, 2.75) is 32.7 Å². The number of fused-ring (bicyclic) bond motifs is 1. The average Bonchev–Trinajstić information content (AvgIpc) is 2.96. The predicted octanol–water partition coefficient (Wildman–Crippen LogP) is 2.40. The summed E-state index contributed by atoms with van der Waals surface area (Å²) in [6, 6.07) is 15.5. The van der Waals surface area contributed by atoms with Gasteiger partial charge in [0.05, 0.1) is 17.3 Å². The van der Waals surface area contributed by atoms with Crippen LogP contribution in [-0.4, -0.2) is 27.6 Å². The number of carbonyl (C=O) groups is 2. The van der Waals surface area contributed by atoms with Crippen molar-refractivity contribution in [3.8, 4) is 11.8 Å². The van der Waals surface area contributed by atoms with Crippen LogP contribution in [0.5, 0.6) is 0 Å². The van der Waals surface area contributed by atoms with E-state index < -0.39 is 17.4 Å². The summed E-state index contributed by atoms with van der Waals surface area (Å²) in [6.07, 6.45) is 0.820. The molecule has 160 valence electrons. The Balaban J connectivity index is 1.62. The molecule has 0 saturated carbocycles. The molecule has 0 radical (unpaired) electrons. The molecule has 2 amide bonds. The number of carbonyl (C=O) groups excluding carboxylic acids is 2. The lowest BCUT2D eigenvalue weighted by Crippen LogP contribution is -2.45. The van der Waals surface area contributed by atoms with Crippen LogP contribution in [0.2, 0.25) is 0 Å². The van der Waals surface area contributed by atoms with Crippen molar-refractivity contribution in [3.63, 3.8) is 0 Å². The van der Waals surface area contributed by atoms with Gasteiger partial charge >= 0.3 is 0 Å². The zero-order chi connectivity index (χ0) is 22.8. The predicted molar refractivity (Wildman–Crippen MR) is 119 cm³/mol. The summed E-state index contributed by atoms with van der Waals surface area (Å²) >= 11 is 0. The Bertz CT molecular complexity index is 1320. The summed E-state index contributed by atoms with van der Waals surface area (Å²) in [6.45, 7) is 3.42. The van der Waals surface area contributed by atoms with E-state index in [9.17, 15) is 14.4 Å². The summed E-state index contributed by atoms with van der Waals surface area (Å²) in [4.78, 5) is 38.5. The molecule has 0 aliphatic carbocycles. The van der Waals surface area contributed by atoms with Gasteiger partial charge in [-0.3, -0.25) is 14.4 Å². The fourth-order valence-corrected chi connectivity index (χ4v) is 3.70. The van der Waals surface area contributed by atoms with E-state index in [1.165, 1.54) is 0 Å². The quantitative estimate of drug-likeness (QED) is 0.666. The van der Waals surface area contributed by atoms with Crippen molar-refractivity contribution in [2.75, 3.05) is 5.32 Å². The fourth-order valence-electron chi connectivity index (χ4n) is 3.70. The van der Waals surface area contributed by atoms with Gasteiger partial charge in [-0.15, -0.1) is 0 Å². The lowest BCUT2D eigenvalue weighted by molar-refractivity contribution is -0.118. The van der Waals surface area contributed by atoms with E-state index in [2.05, 4.69) is 21.8 Å². The SMILES string of the molecule is Cc1c(C)n(-c2ccccc2)nc(C(=O)NC2CCc3cc(C#N)ccc3NC2=O)c1=O. The number of rotatable bonds is 3. The van der Waals surface area contributed by atoms with Crippen molar-refractivity contribution >= 4 is 17.5 Å². The maximum absolute atomic E-state index is 13.0. The maximum Gasteiger partial charge on any atom is 0.276 e. The molecule has 2 heterocycles. The van der Waals surface area contributed by atoms with E-state index >= 15 is 0 Å². The second-order valence-corrected chi connectivity index (χ2v) is 7.67. The van der Waals surface area contributed by atoms with Gasteiger partial charge < -0.3 is 10.6 Å². The molecule has 3 aromatic rings. The first-order valence-electron chi connectivity index (χ1n) is 10.2. The zero-order valence-electron chi connectivity index (χ0n) is 17.7. The molecule has 8 nitrogen and oxygen atoms in total. The van der Waals surface area contributed by atoms with Crippen LogP contribution < -0.4 is 16.1 Å². The Hall–Kier alpha value is -4.25. The summed E-state index contributed by atoms with van der Waals surface area (Å²) < 4.78 is 1.55. The van der Waals surface area contributed by atoms with Crippen molar-refractivity contribution in [3.05, 3.63) is 86.8 Å². The number of aryl methyl sites for hydroxylation is 1. The fraction of sp³-hybridized carbons (Fsp3) is 0.208. The number of nitrogens with zero attached hydrogens (tertiary/aromatic N) is 3. The van der Waals surface area contributed by atoms with Crippen LogP contribution in [0.15, 0.2) is 53.3 Å². The van der Waals surface area contributed by atoms with Crippen LogP contribution in [0.25, 0.3) is 5.69 Å². The van der Waals surface area contributed by atoms with Crippen LogP contribution in [0.4, 0.5) is 5.69 Å². The molecular weight excluding hydrogens is 406 g/mol. The first kappa shape index (κ1) is 21.0. The second kappa shape index (κ2) is 8.47. The minimum Gasteiger partial charge on any atom is -0.339 e. The molecule has 0 fully saturated rings. The molecule has 8 heteroatoms. The monoisotopic (exact) mass is 427 g/mol. The summed E-state index contributed by atoms with van der Waals surface area (Å²) in [7, 11) is 0. The highest BCUT2D eigenvalue weighted by atomic mass is 16.2. The third kappa shape index (κ3) is 3.88. The normalized spacial score (nSPS) is 15.2. The molecule has 1 aromatic heterocycles. The van der Waals surface area contributed by atoms with E-state index in [4.69, 9.17) is 5.26 Å². The molecule has 2 N–H and O–H groups in total. The number of nitrogens with one attached hydrogen (secondary N) is 2. The number of hydrogen-bond acceptors (Lipinski definition) is 5. The number of nitriles is 1. The number of para-hydroxylation sites is 1. The molecule has 0 saturated heterocycles. The third-order valence-corrected chi connectivity index (χ3v) is 5.65. The smallest absolute Gasteiger partial charge is 0.276 e. The number of amides is 2. The van der Waals surface area contributed by atoms with Crippen molar-refractivity contribution in [1.82, 2.24) is 15.1 Å². The van der Waals surface area contributed by atoms with Crippen LogP contribution in [0.1, 0.15) is 39.3 Å². The standard InChI is InChI=1S/C24H21N5O3/c1-14-15(2)29(18-6-4-3-5-7-18)28-21(22(14)30)24(32)27-20-11-9-17-12-16(13-25)8-10-19(17)26-23(20)31/h3-8,10,12,20H,9,11H2,1-2H3,(H,26,31)(H,27,32). The Morgan fingerprint density at radius 2 is 1.94 bits per heavy atom. The van der Waals surface area contributed by atoms with Gasteiger partial charge in [-0.2, -0.15) is 10.4 Å². The summed E-state index contributed by atoms with van der Waals surface area (Å²) in [5, 5.41) is 18.9. The number of benzene rings is 2. The minimum absolute atomic E-state index is 0.265. The third-order valence-electron chi connectivity index (χ3n) is 5.65. The minimum atomic E-state index is -0.839. The molecule has 0 bridgehead atoms. The van der Waals surface area contributed by atoms with Gasteiger partial charge in [0, 0.05) is 16.9 Å². The summed E-state index contributed by atoms with van der Waals surface area (Å²) in [5.41, 5.74) is 2.97. The average molecular weight is 427 g/mol. The van der Waals surface area contributed by atoms with Gasteiger partial charge in [-0.1, -0.05) is 18.2 Å². The van der Waals surface area contributed by atoms with Gasteiger partial charge in [0.1, 0.15) is 6.04 Å². The Kier molecular flexibility index (Phi) is 5.56. The van der Waals surface area contributed by atoms with Crippen molar-refractivity contribution in [2.24, 2.45) is 0 Å². The van der Waals surface area contributed by atoms with Gasteiger partial charge in [-0.05, 0) is 62.6 Å². The molecule has 1 unspecified atom stereocenters. The first-order valence-corrected chi connectivity index (χ1v) is 10.2. The first-order chi connectivity index (χ1) is 15.4. The van der Waals surface area contributed by atoms with Crippen LogP contribution >= 0.6 is 0 Å². The lowest BCUT2D eigenvalue weighted by atomic mass is 10.0. The van der Waals surface area contributed by atoms with Gasteiger partial charge in [0.2, 0.25) is 11.3 Å². The van der Waals surface area contributed by atoms with Crippen LogP contribution in [0.3, 0.4) is 0 Å². The van der Waals surface area contributed by atoms with Crippen molar-refractivity contribution < 1.29 is 9.59 Å². The van der Waals surface area contributed by atoms with E-state index in [1.807, 2.05) is 30.3 Å². The molecule has 0 spiro atoms. The highest BCUT2D eigenvalue weighted by Gasteiger charge is 2.28. The Morgan fingerprint density at radius 3 is 2.66 bits per heavy atom. The van der Waals surface area contributed by atoms with E-state index in [-0.39, 0.29) is 11.6 Å². The molecule has 1 atom stereocenters. The molecule has 4 rings (SSSR count). The van der Waals surface area contributed by atoms with Gasteiger partial charge in [0.25, 0.3) is 5.91 Å².